The highest BCUT2D eigenvalue weighted by atomic mass is 32.1. The number of anilines is 2. The molecule has 0 atom stereocenters. The van der Waals surface area contributed by atoms with Gasteiger partial charge in [0.05, 0.1) is 0 Å². The Hall–Kier alpha value is -2.07. The zero-order valence-electron chi connectivity index (χ0n) is 10.7. The van der Waals surface area contributed by atoms with Crippen molar-refractivity contribution in [3.8, 4) is 0 Å². The summed E-state index contributed by atoms with van der Waals surface area (Å²) in [5, 5.41) is 3.31. The van der Waals surface area contributed by atoms with Crippen molar-refractivity contribution in [3.05, 3.63) is 53.5 Å². The van der Waals surface area contributed by atoms with Gasteiger partial charge in [-0.3, -0.25) is 0 Å². The molecule has 0 unspecified atom stereocenters. The van der Waals surface area contributed by atoms with Crippen molar-refractivity contribution >= 4 is 32.9 Å². The van der Waals surface area contributed by atoms with E-state index in [0.717, 1.165) is 18.1 Å². The number of pyridine rings is 1. The van der Waals surface area contributed by atoms with E-state index in [2.05, 4.69) is 40.5 Å². The molecule has 0 aliphatic heterocycles. The van der Waals surface area contributed by atoms with Crippen molar-refractivity contribution in [2.24, 2.45) is 0 Å². The minimum atomic E-state index is 0.799. The SMILES string of the molecule is CN(Cc1cccc(N)c1)c1nccc2sccc12. The van der Waals surface area contributed by atoms with E-state index in [4.69, 9.17) is 5.73 Å². The monoisotopic (exact) mass is 269 g/mol. The second-order valence-corrected chi connectivity index (χ2v) is 5.52. The molecule has 1 aromatic carbocycles. The average Bonchev–Trinajstić information content (AvgIpc) is 2.86. The second kappa shape index (κ2) is 4.90. The molecule has 0 aliphatic carbocycles. The van der Waals surface area contributed by atoms with E-state index in [9.17, 15) is 0 Å². The van der Waals surface area contributed by atoms with Crippen LogP contribution in [0.15, 0.2) is 48.0 Å². The highest BCUT2D eigenvalue weighted by molar-refractivity contribution is 7.17. The van der Waals surface area contributed by atoms with E-state index < -0.39 is 0 Å². The zero-order chi connectivity index (χ0) is 13.2. The summed E-state index contributed by atoms with van der Waals surface area (Å²) in [5.74, 6) is 1.01. The molecule has 4 heteroatoms. The summed E-state index contributed by atoms with van der Waals surface area (Å²) < 4.78 is 1.27. The smallest absolute Gasteiger partial charge is 0.137 e. The number of rotatable bonds is 3. The normalized spacial score (nSPS) is 10.8. The lowest BCUT2D eigenvalue weighted by atomic mass is 10.2. The Kier molecular flexibility index (Phi) is 3.09. The maximum atomic E-state index is 5.81. The first-order valence-corrected chi connectivity index (χ1v) is 7.00. The van der Waals surface area contributed by atoms with Crippen LogP contribution in [0.2, 0.25) is 0 Å². The van der Waals surface area contributed by atoms with E-state index in [1.807, 2.05) is 24.4 Å². The number of nitrogen functional groups attached to an aromatic ring is 1. The number of nitrogens with zero attached hydrogens (tertiary/aromatic N) is 2. The molecule has 0 bridgehead atoms. The maximum Gasteiger partial charge on any atom is 0.137 e. The number of hydrogen-bond acceptors (Lipinski definition) is 4. The summed E-state index contributed by atoms with van der Waals surface area (Å²) >= 11 is 1.74. The number of hydrogen-bond donors (Lipinski definition) is 1. The molecule has 0 aliphatic rings. The fraction of sp³-hybridized carbons (Fsp3) is 0.133. The van der Waals surface area contributed by atoms with Gasteiger partial charge in [0.25, 0.3) is 0 Å². The molecule has 96 valence electrons. The van der Waals surface area contributed by atoms with Gasteiger partial charge in [-0.1, -0.05) is 12.1 Å². The predicted molar refractivity (Wildman–Crippen MR) is 82.6 cm³/mol. The molecule has 0 amide bonds. The van der Waals surface area contributed by atoms with Crippen molar-refractivity contribution in [1.29, 1.82) is 0 Å². The van der Waals surface area contributed by atoms with Gasteiger partial charge in [0, 0.05) is 35.6 Å². The van der Waals surface area contributed by atoms with Crippen LogP contribution in [0, 0.1) is 0 Å². The molecule has 0 spiro atoms. The molecule has 3 aromatic rings. The molecule has 0 radical (unpaired) electrons. The largest absolute Gasteiger partial charge is 0.399 e. The molecule has 2 N–H and O–H groups in total. The third-order valence-electron chi connectivity index (χ3n) is 3.09. The van der Waals surface area contributed by atoms with Crippen LogP contribution in [0.25, 0.3) is 10.1 Å². The molecule has 2 aromatic heterocycles. The van der Waals surface area contributed by atoms with Gasteiger partial charge in [-0.05, 0) is 35.2 Å². The first-order chi connectivity index (χ1) is 9.24. The van der Waals surface area contributed by atoms with Gasteiger partial charge in [0.15, 0.2) is 0 Å². The number of fused-ring (bicyclic) bond motifs is 1. The van der Waals surface area contributed by atoms with Crippen LogP contribution >= 0.6 is 11.3 Å². The molecule has 0 saturated carbocycles. The van der Waals surface area contributed by atoms with Gasteiger partial charge < -0.3 is 10.6 Å². The Balaban J connectivity index is 1.91. The second-order valence-electron chi connectivity index (χ2n) is 4.57. The molecule has 0 saturated heterocycles. The summed E-state index contributed by atoms with van der Waals surface area (Å²) in [6.45, 7) is 0.799. The minimum absolute atomic E-state index is 0.799. The van der Waals surface area contributed by atoms with E-state index in [0.29, 0.717) is 0 Å². The molecular formula is C15H15N3S. The Morgan fingerprint density at radius 1 is 1.26 bits per heavy atom. The molecule has 2 heterocycles. The van der Waals surface area contributed by atoms with Gasteiger partial charge >= 0.3 is 0 Å². The first-order valence-electron chi connectivity index (χ1n) is 6.12. The summed E-state index contributed by atoms with van der Waals surface area (Å²) in [4.78, 5) is 6.66. The van der Waals surface area contributed by atoms with Gasteiger partial charge in [0.1, 0.15) is 5.82 Å². The molecular weight excluding hydrogens is 254 g/mol. The van der Waals surface area contributed by atoms with Crippen LogP contribution in [0.3, 0.4) is 0 Å². The average molecular weight is 269 g/mol. The Morgan fingerprint density at radius 3 is 3.00 bits per heavy atom. The van der Waals surface area contributed by atoms with Crippen molar-refractivity contribution in [1.82, 2.24) is 4.98 Å². The van der Waals surface area contributed by atoms with E-state index in [1.165, 1.54) is 15.6 Å². The summed E-state index contributed by atoms with van der Waals surface area (Å²) in [7, 11) is 2.06. The van der Waals surface area contributed by atoms with E-state index in [1.54, 1.807) is 11.3 Å². The quantitative estimate of drug-likeness (QED) is 0.740. The van der Waals surface area contributed by atoms with Crippen LogP contribution in [0.4, 0.5) is 11.5 Å². The Bertz CT molecular complexity index is 705. The third-order valence-corrected chi connectivity index (χ3v) is 3.97. The van der Waals surface area contributed by atoms with Crippen LogP contribution in [-0.4, -0.2) is 12.0 Å². The summed E-state index contributed by atoms with van der Waals surface area (Å²) in [5.41, 5.74) is 7.80. The van der Waals surface area contributed by atoms with Gasteiger partial charge in [-0.25, -0.2) is 4.98 Å². The third kappa shape index (κ3) is 2.39. The Labute approximate surface area is 116 Å². The standard InChI is InChI=1S/C15H15N3S/c1-18(10-11-3-2-4-12(16)9-11)15-13-6-8-19-14(13)5-7-17-15/h2-9H,10,16H2,1H3. The molecule has 3 nitrogen and oxygen atoms in total. The number of thiophene rings is 1. The minimum Gasteiger partial charge on any atom is -0.399 e. The van der Waals surface area contributed by atoms with Crippen molar-refractivity contribution in [2.45, 2.75) is 6.54 Å². The van der Waals surface area contributed by atoms with Crippen molar-refractivity contribution in [2.75, 3.05) is 17.7 Å². The fourth-order valence-electron chi connectivity index (χ4n) is 2.22. The molecule has 0 fully saturated rings. The van der Waals surface area contributed by atoms with Gasteiger partial charge in [0.2, 0.25) is 0 Å². The van der Waals surface area contributed by atoms with Crippen LogP contribution < -0.4 is 10.6 Å². The zero-order valence-corrected chi connectivity index (χ0v) is 11.5. The van der Waals surface area contributed by atoms with Crippen molar-refractivity contribution in [3.63, 3.8) is 0 Å². The van der Waals surface area contributed by atoms with Crippen LogP contribution in [0.5, 0.6) is 0 Å². The molecule has 3 rings (SSSR count). The maximum absolute atomic E-state index is 5.81. The van der Waals surface area contributed by atoms with Crippen LogP contribution in [-0.2, 0) is 6.54 Å². The number of aromatic nitrogens is 1. The van der Waals surface area contributed by atoms with Gasteiger partial charge in [-0.2, -0.15) is 0 Å². The topological polar surface area (TPSA) is 42.1 Å². The van der Waals surface area contributed by atoms with Crippen LogP contribution in [0.1, 0.15) is 5.56 Å². The highest BCUT2D eigenvalue weighted by Gasteiger charge is 2.09. The summed E-state index contributed by atoms with van der Waals surface area (Å²) in [6.07, 6.45) is 1.87. The number of benzene rings is 1. The summed E-state index contributed by atoms with van der Waals surface area (Å²) in [6, 6.07) is 12.2. The lowest BCUT2D eigenvalue weighted by Gasteiger charge is -2.19. The van der Waals surface area contributed by atoms with E-state index >= 15 is 0 Å². The highest BCUT2D eigenvalue weighted by Crippen LogP contribution is 2.28. The predicted octanol–water partition coefficient (Wildman–Crippen LogP) is 3.51. The first kappa shape index (κ1) is 12.0. The molecule has 19 heavy (non-hydrogen) atoms. The Morgan fingerprint density at radius 2 is 2.16 bits per heavy atom. The lowest BCUT2D eigenvalue weighted by molar-refractivity contribution is 0.905. The lowest BCUT2D eigenvalue weighted by Crippen LogP contribution is -2.17. The fourth-order valence-corrected chi connectivity index (χ4v) is 3.00. The van der Waals surface area contributed by atoms with Crippen molar-refractivity contribution < 1.29 is 0 Å². The number of nitrogens with two attached hydrogens (primary N) is 1. The van der Waals surface area contributed by atoms with E-state index in [-0.39, 0.29) is 0 Å². The van der Waals surface area contributed by atoms with Gasteiger partial charge in [-0.15, -0.1) is 11.3 Å².